The molecule has 1 aliphatic rings. The lowest BCUT2D eigenvalue weighted by atomic mass is 10.2. The number of benzene rings is 2. The first-order valence-corrected chi connectivity index (χ1v) is 11.8. The largest absolute Gasteiger partial charge is 0.491 e. The normalized spacial score (nSPS) is 16.2. The van der Waals surface area contributed by atoms with E-state index in [9.17, 15) is 9.90 Å². The number of aliphatic hydroxyl groups is 1. The van der Waals surface area contributed by atoms with Crippen molar-refractivity contribution >= 4 is 27.5 Å². The molecule has 8 heteroatoms. The van der Waals surface area contributed by atoms with E-state index in [4.69, 9.17) is 4.74 Å². The number of ether oxygens (including phenoxy) is 1. The van der Waals surface area contributed by atoms with E-state index < -0.39 is 6.10 Å². The number of hydrogen-bond donors (Lipinski definition) is 2. The van der Waals surface area contributed by atoms with Gasteiger partial charge in [-0.1, -0.05) is 18.2 Å². The van der Waals surface area contributed by atoms with Crippen LogP contribution in [0.25, 0.3) is 10.2 Å². The summed E-state index contributed by atoms with van der Waals surface area (Å²) in [5, 5.41) is 14.4. The molecule has 0 radical (unpaired) electrons. The molecule has 0 unspecified atom stereocenters. The lowest BCUT2D eigenvalue weighted by Gasteiger charge is -2.35. The fraction of sp³-hybridized carbons (Fsp3) is 0.417. The third kappa shape index (κ3) is 6.26. The van der Waals surface area contributed by atoms with E-state index in [1.54, 1.807) is 11.3 Å². The van der Waals surface area contributed by atoms with Crippen LogP contribution in [-0.2, 0) is 0 Å². The van der Waals surface area contributed by atoms with Crippen LogP contribution in [0, 0.1) is 6.92 Å². The smallest absolute Gasteiger partial charge is 0.251 e. The van der Waals surface area contributed by atoms with Crippen molar-refractivity contribution in [1.29, 1.82) is 0 Å². The highest BCUT2D eigenvalue weighted by molar-refractivity contribution is 7.18. The van der Waals surface area contributed by atoms with Gasteiger partial charge >= 0.3 is 0 Å². The van der Waals surface area contributed by atoms with Crippen LogP contribution in [-0.4, -0.2) is 84.3 Å². The predicted molar refractivity (Wildman–Crippen MR) is 128 cm³/mol. The summed E-state index contributed by atoms with van der Waals surface area (Å²) in [6, 6.07) is 15.2. The molecule has 2 heterocycles. The summed E-state index contributed by atoms with van der Waals surface area (Å²) >= 11 is 1.67. The molecule has 1 amide bonds. The number of amides is 1. The zero-order chi connectivity index (χ0) is 22.3. The molecular formula is C24H30N4O3S. The van der Waals surface area contributed by atoms with Gasteiger partial charge in [-0.3, -0.25) is 14.6 Å². The maximum atomic E-state index is 12.1. The van der Waals surface area contributed by atoms with E-state index in [2.05, 4.69) is 20.1 Å². The number of nitrogens with one attached hydrogen (secondary N) is 1. The van der Waals surface area contributed by atoms with Crippen molar-refractivity contribution in [2.45, 2.75) is 13.0 Å². The molecule has 0 aliphatic carbocycles. The van der Waals surface area contributed by atoms with Crippen LogP contribution in [0.15, 0.2) is 48.5 Å². The SMILES string of the molecule is Cc1nc2cc(OC[C@H](O)CN3CCN(CCNC(=O)c4ccccc4)CC3)ccc2s1. The first-order chi connectivity index (χ1) is 15.6. The van der Waals surface area contributed by atoms with Gasteiger partial charge in [-0.05, 0) is 31.2 Å². The lowest BCUT2D eigenvalue weighted by molar-refractivity contribution is 0.0462. The number of carbonyl (C=O) groups excluding carboxylic acids is 1. The number of fused-ring (bicyclic) bond motifs is 1. The molecule has 3 aromatic rings. The van der Waals surface area contributed by atoms with Crippen LogP contribution in [0.5, 0.6) is 5.75 Å². The predicted octanol–water partition coefficient (Wildman–Crippen LogP) is 2.39. The second-order valence-corrected chi connectivity index (χ2v) is 9.33. The number of hydrogen-bond acceptors (Lipinski definition) is 7. The van der Waals surface area contributed by atoms with Gasteiger partial charge < -0.3 is 15.2 Å². The van der Waals surface area contributed by atoms with Gasteiger partial charge in [-0.25, -0.2) is 4.98 Å². The summed E-state index contributed by atoms with van der Waals surface area (Å²) in [6.07, 6.45) is -0.542. The topological polar surface area (TPSA) is 77.9 Å². The molecule has 1 saturated heterocycles. The molecule has 1 aromatic heterocycles. The molecule has 7 nitrogen and oxygen atoms in total. The summed E-state index contributed by atoms with van der Waals surface area (Å²) in [6.45, 7) is 7.96. The molecule has 1 atom stereocenters. The Hall–Kier alpha value is -2.52. The van der Waals surface area contributed by atoms with E-state index >= 15 is 0 Å². The first kappa shape index (κ1) is 22.7. The number of carbonyl (C=O) groups is 1. The van der Waals surface area contributed by atoms with Crippen LogP contribution < -0.4 is 10.1 Å². The average Bonchev–Trinajstić information content (AvgIpc) is 3.18. The van der Waals surface area contributed by atoms with Crippen molar-refractivity contribution < 1.29 is 14.6 Å². The van der Waals surface area contributed by atoms with Gasteiger partial charge in [0.15, 0.2) is 0 Å². The van der Waals surface area contributed by atoms with Crippen LogP contribution >= 0.6 is 11.3 Å². The third-order valence-corrected chi connectivity index (χ3v) is 6.54. The maximum absolute atomic E-state index is 12.1. The molecule has 2 N–H and O–H groups in total. The van der Waals surface area contributed by atoms with Crippen molar-refractivity contribution in [2.75, 3.05) is 52.4 Å². The highest BCUT2D eigenvalue weighted by atomic mass is 32.1. The van der Waals surface area contributed by atoms with Crippen molar-refractivity contribution in [3.05, 3.63) is 59.1 Å². The zero-order valence-electron chi connectivity index (χ0n) is 18.4. The average molecular weight is 455 g/mol. The standard InChI is InChI=1S/C24H30N4O3S/c1-18-26-22-15-21(7-8-23(22)32-18)31-17-20(29)16-28-13-11-27(12-14-28)10-9-25-24(30)19-5-3-2-4-6-19/h2-8,15,20,29H,9-14,16-17H2,1H3,(H,25,30)/t20-/m1/s1. The van der Waals surface area contributed by atoms with Gasteiger partial charge in [0.05, 0.1) is 15.2 Å². The van der Waals surface area contributed by atoms with Crippen LogP contribution in [0.4, 0.5) is 0 Å². The number of aromatic nitrogens is 1. The number of aliphatic hydroxyl groups excluding tert-OH is 1. The minimum atomic E-state index is -0.542. The minimum absolute atomic E-state index is 0.0311. The molecule has 0 bridgehead atoms. The Kier molecular flexibility index (Phi) is 7.70. The Balaban J connectivity index is 1.12. The van der Waals surface area contributed by atoms with Crippen LogP contribution in [0.2, 0.25) is 0 Å². The minimum Gasteiger partial charge on any atom is -0.491 e. The highest BCUT2D eigenvalue weighted by Gasteiger charge is 2.19. The monoisotopic (exact) mass is 454 g/mol. The fourth-order valence-corrected chi connectivity index (χ4v) is 4.68. The number of aryl methyl sites for hydroxylation is 1. The van der Waals surface area contributed by atoms with Crippen LogP contribution in [0.1, 0.15) is 15.4 Å². The molecule has 0 spiro atoms. The summed E-state index contributed by atoms with van der Waals surface area (Å²) in [7, 11) is 0. The lowest BCUT2D eigenvalue weighted by Crippen LogP contribution is -2.50. The summed E-state index contributed by atoms with van der Waals surface area (Å²) in [5.74, 6) is 0.709. The Morgan fingerprint density at radius 3 is 2.69 bits per heavy atom. The molecule has 4 rings (SSSR count). The fourth-order valence-electron chi connectivity index (χ4n) is 3.87. The third-order valence-electron chi connectivity index (χ3n) is 5.59. The maximum Gasteiger partial charge on any atom is 0.251 e. The molecule has 2 aromatic carbocycles. The first-order valence-electron chi connectivity index (χ1n) is 11.0. The van der Waals surface area contributed by atoms with E-state index in [0.29, 0.717) is 18.7 Å². The molecule has 1 aliphatic heterocycles. The number of β-amino-alcohol motifs (C(OH)–C–C–N with tert-alkyl or cyclic N) is 1. The van der Waals surface area contributed by atoms with Gasteiger partial charge in [0.2, 0.25) is 0 Å². The van der Waals surface area contributed by atoms with Gasteiger partial charge in [-0.2, -0.15) is 0 Å². The van der Waals surface area contributed by atoms with Gasteiger partial charge in [0.25, 0.3) is 5.91 Å². The Morgan fingerprint density at radius 1 is 1.16 bits per heavy atom. The molecule has 0 saturated carbocycles. The summed E-state index contributed by atoms with van der Waals surface area (Å²) in [5.41, 5.74) is 1.63. The van der Waals surface area contributed by atoms with E-state index in [1.165, 1.54) is 0 Å². The Bertz CT molecular complexity index is 1020. The van der Waals surface area contributed by atoms with E-state index in [1.807, 2.05) is 55.5 Å². The molecule has 32 heavy (non-hydrogen) atoms. The second-order valence-electron chi connectivity index (χ2n) is 8.09. The van der Waals surface area contributed by atoms with Gasteiger partial charge in [-0.15, -0.1) is 11.3 Å². The van der Waals surface area contributed by atoms with Crippen molar-refractivity contribution in [3.63, 3.8) is 0 Å². The highest BCUT2D eigenvalue weighted by Crippen LogP contribution is 2.25. The molecule has 1 fully saturated rings. The second kappa shape index (κ2) is 10.9. The van der Waals surface area contributed by atoms with Crippen molar-refractivity contribution in [2.24, 2.45) is 0 Å². The summed E-state index contributed by atoms with van der Waals surface area (Å²) < 4.78 is 6.94. The van der Waals surface area contributed by atoms with Gasteiger partial charge in [0, 0.05) is 57.4 Å². The van der Waals surface area contributed by atoms with Crippen molar-refractivity contribution in [3.8, 4) is 5.75 Å². The number of rotatable bonds is 9. The van der Waals surface area contributed by atoms with Crippen molar-refractivity contribution in [1.82, 2.24) is 20.1 Å². The van der Waals surface area contributed by atoms with Gasteiger partial charge in [0.1, 0.15) is 18.5 Å². The Morgan fingerprint density at radius 2 is 1.91 bits per heavy atom. The number of piperazine rings is 1. The molecular weight excluding hydrogens is 424 g/mol. The number of nitrogens with zero attached hydrogens (tertiary/aromatic N) is 3. The zero-order valence-corrected chi connectivity index (χ0v) is 19.2. The van der Waals surface area contributed by atoms with Crippen LogP contribution in [0.3, 0.4) is 0 Å². The summed E-state index contributed by atoms with van der Waals surface area (Å²) in [4.78, 5) is 21.2. The van der Waals surface area contributed by atoms with E-state index in [-0.39, 0.29) is 12.5 Å². The van der Waals surface area contributed by atoms with E-state index in [0.717, 1.165) is 53.7 Å². The number of thiazole rings is 1. The quantitative estimate of drug-likeness (QED) is 0.517. The molecule has 170 valence electrons. The Labute approximate surface area is 192 Å².